The SMILES string of the molecule is CCn1c(=O)n(Cc2cc(-c3ccc(Cl)cc3)no2)c2ccccc21. The van der Waals surface area contributed by atoms with Crippen LogP contribution in [0.2, 0.25) is 5.02 Å². The van der Waals surface area contributed by atoms with Gasteiger partial charge in [0.25, 0.3) is 0 Å². The van der Waals surface area contributed by atoms with Gasteiger partial charge in [-0.3, -0.25) is 9.13 Å². The zero-order valence-corrected chi connectivity index (χ0v) is 14.4. The Balaban J connectivity index is 1.72. The molecule has 25 heavy (non-hydrogen) atoms. The van der Waals surface area contributed by atoms with Gasteiger partial charge in [-0.2, -0.15) is 0 Å². The van der Waals surface area contributed by atoms with Crippen molar-refractivity contribution >= 4 is 22.6 Å². The highest BCUT2D eigenvalue weighted by atomic mass is 35.5. The molecule has 126 valence electrons. The first-order chi connectivity index (χ1) is 12.2. The van der Waals surface area contributed by atoms with Crippen LogP contribution in [-0.2, 0) is 13.1 Å². The van der Waals surface area contributed by atoms with Gasteiger partial charge in [0, 0.05) is 23.2 Å². The molecule has 5 nitrogen and oxygen atoms in total. The van der Waals surface area contributed by atoms with Crippen LogP contribution in [0.15, 0.2) is 63.9 Å². The molecule has 0 aliphatic rings. The first kappa shape index (κ1) is 15.7. The van der Waals surface area contributed by atoms with Gasteiger partial charge in [0.1, 0.15) is 5.69 Å². The van der Waals surface area contributed by atoms with E-state index in [-0.39, 0.29) is 5.69 Å². The van der Waals surface area contributed by atoms with Crippen molar-refractivity contribution in [1.29, 1.82) is 0 Å². The molecule has 4 rings (SSSR count). The van der Waals surface area contributed by atoms with E-state index in [0.29, 0.717) is 23.9 Å². The number of fused-ring (bicyclic) bond motifs is 1. The Kier molecular flexibility index (Phi) is 3.93. The normalized spacial score (nSPS) is 11.3. The zero-order valence-electron chi connectivity index (χ0n) is 13.6. The summed E-state index contributed by atoms with van der Waals surface area (Å²) in [4.78, 5) is 12.7. The van der Waals surface area contributed by atoms with E-state index < -0.39 is 0 Å². The molecule has 0 bridgehead atoms. The summed E-state index contributed by atoms with van der Waals surface area (Å²) < 4.78 is 8.92. The molecule has 4 aromatic rings. The molecule has 0 N–H and O–H groups in total. The van der Waals surface area contributed by atoms with E-state index in [0.717, 1.165) is 22.3 Å². The molecule has 0 saturated carbocycles. The minimum absolute atomic E-state index is 0.0480. The van der Waals surface area contributed by atoms with Crippen molar-refractivity contribution in [2.24, 2.45) is 0 Å². The van der Waals surface area contributed by atoms with E-state index in [9.17, 15) is 4.79 Å². The monoisotopic (exact) mass is 353 g/mol. The van der Waals surface area contributed by atoms with E-state index in [1.165, 1.54) is 0 Å². The molecule has 0 spiro atoms. The standard InChI is InChI=1S/C19H16ClN3O2/c1-2-22-17-5-3-4-6-18(17)23(19(22)24)12-15-11-16(21-25-15)13-7-9-14(20)10-8-13/h3-11H,2,12H2,1H3. The molecule has 0 aliphatic carbocycles. The lowest BCUT2D eigenvalue weighted by molar-refractivity contribution is 0.377. The minimum atomic E-state index is -0.0480. The number of nitrogens with zero attached hydrogens (tertiary/aromatic N) is 3. The van der Waals surface area contributed by atoms with Gasteiger partial charge >= 0.3 is 5.69 Å². The molecule has 2 aromatic heterocycles. The lowest BCUT2D eigenvalue weighted by atomic mass is 10.1. The van der Waals surface area contributed by atoms with E-state index in [2.05, 4.69) is 5.16 Å². The van der Waals surface area contributed by atoms with Gasteiger partial charge in [0.2, 0.25) is 0 Å². The fourth-order valence-corrected chi connectivity index (χ4v) is 3.16. The van der Waals surface area contributed by atoms with Gasteiger partial charge in [-0.1, -0.05) is 41.0 Å². The molecular weight excluding hydrogens is 338 g/mol. The highest BCUT2D eigenvalue weighted by Gasteiger charge is 2.14. The highest BCUT2D eigenvalue weighted by Crippen LogP contribution is 2.22. The second-order valence-electron chi connectivity index (χ2n) is 5.79. The highest BCUT2D eigenvalue weighted by molar-refractivity contribution is 6.30. The van der Waals surface area contributed by atoms with Crippen LogP contribution >= 0.6 is 11.6 Å². The Morgan fingerprint density at radius 2 is 1.72 bits per heavy atom. The fourth-order valence-electron chi connectivity index (χ4n) is 3.03. The summed E-state index contributed by atoms with van der Waals surface area (Å²) in [5, 5.41) is 4.78. The maximum atomic E-state index is 12.7. The van der Waals surface area contributed by atoms with Crippen LogP contribution in [0.5, 0.6) is 0 Å². The van der Waals surface area contributed by atoms with Crippen molar-refractivity contribution in [2.45, 2.75) is 20.0 Å². The van der Waals surface area contributed by atoms with Crippen LogP contribution in [0.4, 0.5) is 0 Å². The third-order valence-electron chi connectivity index (χ3n) is 4.25. The molecule has 2 aromatic carbocycles. The summed E-state index contributed by atoms with van der Waals surface area (Å²) in [6.45, 7) is 2.93. The number of aryl methyl sites for hydroxylation is 1. The van der Waals surface area contributed by atoms with Crippen LogP contribution in [0.3, 0.4) is 0 Å². The number of imidazole rings is 1. The van der Waals surface area contributed by atoms with Crippen molar-refractivity contribution in [1.82, 2.24) is 14.3 Å². The Morgan fingerprint density at radius 1 is 1.04 bits per heavy atom. The summed E-state index contributed by atoms with van der Waals surface area (Å²) in [6, 6.07) is 17.0. The van der Waals surface area contributed by atoms with E-state index in [4.69, 9.17) is 16.1 Å². The third kappa shape index (κ3) is 2.76. The van der Waals surface area contributed by atoms with Crippen molar-refractivity contribution < 1.29 is 4.52 Å². The van der Waals surface area contributed by atoms with Gasteiger partial charge < -0.3 is 4.52 Å². The van der Waals surface area contributed by atoms with E-state index in [1.807, 2.05) is 61.5 Å². The molecule has 0 saturated heterocycles. The Hall–Kier alpha value is -2.79. The summed E-state index contributed by atoms with van der Waals surface area (Å²) in [5.41, 5.74) is 3.40. The smallest absolute Gasteiger partial charge is 0.329 e. The van der Waals surface area contributed by atoms with Gasteiger partial charge in [-0.15, -0.1) is 0 Å². The van der Waals surface area contributed by atoms with E-state index >= 15 is 0 Å². The molecule has 2 heterocycles. The molecule has 0 unspecified atom stereocenters. The summed E-state index contributed by atoms with van der Waals surface area (Å²) >= 11 is 5.92. The van der Waals surface area contributed by atoms with Crippen LogP contribution in [0.25, 0.3) is 22.3 Å². The van der Waals surface area contributed by atoms with Crippen LogP contribution in [-0.4, -0.2) is 14.3 Å². The lowest BCUT2D eigenvalue weighted by Crippen LogP contribution is -2.24. The van der Waals surface area contributed by atoms with Crippen LogP contribution in [0, 0.1) is 0 Å². The molecule has 6 heteroatoms. The van der Waals surface area contributed by atoms with Gasteiger partial charge in [0.05, 0.1) is 17.6 Å². The van der Waals surface area contributed by atoms with E-state index in [1.54, 1.807) is 9.13 Å². The van der Waals surface area contributed by atoms with Gasteiger partial charge in [0.15, 0.2) is 5.76 Å². The number of para-hydroxylation sites is 2. The first-order valence-electron chi connectivity index (χ1n) is 8.07. The molecule has 0 atom stereocenters. The fraction of sp³-hybridized carbons (Fsp3) is 0.158. The number of halogens is 1. The number of hydrogen-bond acceptors (Lipinski definition) is 3. The summed E-state index contributed by atoms with van der Waals surface area (Å²) in [7, 11) is 0. The first-order valence-corrected chi connectivity index (χ1v) is 8.44. The number of rotatable bonds is 4. The average molecular weight is 354 g/mol. The summed E-state index contributed by atoms with van der Waals surface area (Å²) in [6.07, 6.45) is 0. The second-order valence-corrected chi connectivity index (χ2v) is 6.22. The van der Waals surface area contributed by atoms with Crippen LogP contribution in [0.1, 0.15) is 12.7 Å². The number of aromatic nitrogens is 3. The molecule has 0 radical (unpaired) electrons. The third-order valence-corrected chi connectivity index (χ3v) is 4.51. The topological polar surface area (TPSA) is 53.0 Å². The Morgan fingerprint density at radius 3 is 2.40 bits per heavy atom. The predicted molar refractivity (Wildman–Crippen MR) is 97.9 cm³/mol. The molecule has 0 fully saturated rings. The Bertz CT molecular complexity index is 1090. The maximum Gasteiger partial charge on any atom is 0.329 e. The van der Waals surface area contributed by atoms with Crippen molar-refractivity contribution in [3.8, 4) is 11.3 Å². The van der Waals surface area contributed by atoms with Gasteiger partial charge in [-0.25, -0.2) is 4.79 Å². The maximum absolute atomic E-state index is 12.7. The van der Waals surface area contributed by atoms with Gasteiger partial charge in [-0.05, 0) is 31.2 Å². The van der Waals surface area contributed by atoms with Crippen molar-refractivity contribution in [3.05, 3.63) is 75.9 Å². The Labute approximate surface area is 149 Å². The quantitative estimate of drug-likeness (QED) is 0.553. The minimum Gasteiger partial charge on any atom is -0.359 e. The zero-order chi connectivity index (χ0) is 17.4. The van der Waals surface area contributed by atoms with Crippen molar-refractivity contribution in [2.75, 3.05) is 0 Å². The number of hydrogen-bond donors (Lipinski definition) is 0. The van der Waals surface area contributed by atoms with Crippen LogP contribution < -0.4 is 5.69 Å². The largest absolute Gasteiger partial charge is 0.359 e. The predicted octanol–water partition coefficient (Wildman–Crippen LogP) is 4.18. The summed E-state index contributed by atoms with van der Waals surface area (Å²) in [5.74, 6) is 0.631. The molecular formula is C19H16ClN3O2. The second kappa shape index (κ2) is 6.26. The average Bonchev–Trinajstić information content (AvgIpc) is 3.19. The molecule has 0 aliphatic heterocycles. The lowest BCUT2D eigenvalue weighted by Gasteiger charge is -1.98. The molecule has 0 amide bonds. The number of benzene rings is 2. The van der Waals surface area contributed by atoms with Crippen molar-refractivity contribution in [3.63, 3.8) is 0 Å².